The van der Waals surface area contributed by atoms with E-state index in [0.717, 1.165) is 11.3 Å². The highest BCUT2D eigenvalue weighted by atomic mass is 35.5. The summed E-state index contributed by atoms with van der Waals surface area (Å²) in [5.74, 6) is 1.27. The molecule has 1 fully saturated rings. The quantitative estimate of drug-likeness (QED) is 0.557. The molecule has 0 unspecified atom stereocenters. The molecule has 31 heavy (non-hydrogen) atoms. The van der Waals surface area contributed by atoms with Crippen molar-refractivity contribution in [2.24, 2.45) is 5.92 Å². The van der Waals surface area contributed by atoms with Crippen molar-refractivity contribution in [3.05, 3.63) is 82.0 Å². The number of likely N-dealkylation sites (tertiary alicyclic amines) is 1. The zero-order valence-electron chi connectivity index (χ0n) is 16.8. The summed E-state index contributed by atoms with van der Waals surface area (Å²) < 4.78 is 5.83. The Morgan fingerprint density at radius 1 is 0.903 bits per heavy atom. The Kier molecular flexibility index (Phi) is 6.64. The second-order valence-electron chi connectivity index (χ2n) is 7.56. The summed E-state index contributed by atoms with van der Waals surface area (Å²) in [6.07, 6.45) is 1.28. The van der Waals surface area contributed by atoms with Crippen LogP contribution in [-0.2, 0) is 11.3 Å². The number of carbonyl (C=O) groups excluding carboxylic acids is 2. The summed E-state index contributed by atoms with van der Waals surface area (Å²) >= 11 is 11.8. The fourth-order valence-corrected chi connectivity index (χ4v) is 3.93. The average Bonchev–Trinajstić information content (AvgIpc) is 3.27. The second-order valence-corrected chi connectivity index (χ2v) is 8.44. The zero-order valence-corrected chi connectivity index (χ0v) is 18.3. The summed E-state index contributed by atoms with van der Waals surface area (Å²) in [5.41, 5.74) is 1.54. The van der Waals surface area contributed by atoms with Gasteiger partial charge in [0.05, 0.1) is 6.54 Å². The van der Waals surface area contributed by atoms with Crippen LogP contribution in [0.3, 0.4) is 0 Å². The van der Waals surface area contributed by atoms with E-state index in [2.05, 4.69) is 5.32 Å². The third-order valence-electron chi connectivity index (χ3n) is 5.47. The van der Waals surface area contributed by atoms with Gasteiger partial charge in [0.15, 0.2) is 0 Å². The lowest BCUT2D eigenvalue weighted by Gasteiger charge is -2.31. The molecule has 0 bridgehead atoms. The number of piperidine rings is 1. The van der Waals surface area contributed by atoms with E-state index < -0.39 is 0 Å². The van der Waals surface area contributed by atoms with Crippen LogP contribution in [0.25, 0.3) is 11.3 Å². The molecule has 1 aliphatic heterocycles. The van der Waals surface area contributed by atoms with Crippen molar-refractivity contribution in [1.29, 1.82) is 0 Å². The fraction of sp³-hybridized carbons (Fsp3) is 0.250. The lowest BCUT2D eigenvalue weighted by atomic mass is 9.95. The molecule has 2 aromatic carbocycles. The van der Waals surface area contributed by atoms with E-state index in [1.165, 1.54) is 0 Å². The van der Waals surface area contributed by atoms with Crippen molar-refractivity contribution >= 4 is 35.0 Å². The van der Waals surface area contributed by atoms with Crippen molar-refractivity contribution in [3.63, 3.8) is 0 Å². The van der Waals surface area contributed by atoms with Crippen LogP contribution in [0.2, 0.25) is 10.0 Å². The molecule has 0 spiro atoms. The van der Waals surface area contributed by atoms with Crippen LogP contribution < -0.4 is 5.32 Å². The molecule has 2 amide bonds. The van der Waals surface area contributed by atoms with Gasteiger partial charge in [-0.3, -0.25) is 9.59 Å². The summed E-state index contributed by atoms with van der Waals surface area (Å²) in [5, 5.41) is 4.22. The zero-order chi connectivity index (χ0) is 21.8. The molecule has 1 aliphatic rings. The van der Waals surface area contributed by atoms with Gasteiger partial charge < -0.3 is 14.6 Å². The van der Waals surface area contributed by atoms with Gasteiger partial charge in [0, 0.05) is 40.2 Å². The molecule has 3 aromatic rings. The summed E-state index contributed by atoms with van der Waals surface area (Å²) in [7, 11) is 0. The molecule has 5 nitrogen and oxygen atoms in total. The van der Waals surface area contributed by atoms with Crippen molar-refractivity contribution in [2.75, 3.05) is 13.1 Å². The number of nitrogens with one attached hydrogen (secondary N) is 1. The third-order valence-corrected chi connectivity index (χ3v) is 5.98. The molecule has 1 saturated heterocycles. The topological polar surface area (TPSA) is 62.6 Å². The molecule has 0 aliphatic carbocycles. The Morgan fingerprint density at radius 2 is 1.52 bits per heavy atom. The Morgan fingerprint density at radius 3 is 2.16 bits per heavy atom. The molecule has 1 aromatic heterocycles. The maximum Gasteiger partial charge on any atom is 0.253 e. The minimum Gasteiger partial charge on any atom is -0.459 e. The standard InChI is InChI=1S/C24H22Cl2N2O3/c25-19-5-1-16(2-6-19)22-10-9-21(31-22)15-27-23(29)17-11-13-28(14-12-17)24(30)18-3-7-20(26)8-4-18/h1-10,17H,11-15H2,(H,27,29). The molecule has 2 heterocycles. The lowest BCUT2D eigenvalue weighted by Crippen LogP contribution is -2.42. The minimum atomic E-state index is -0.111. The predicted molar refractivity (Wildman–Crippen MR) is 121 cm³/mol. The Labute approximate surface area is 190 Å². The van der Waals surface area contributed by atoms with Crippen molar-refractivity contribution in [2.45, 2.75) is 19.4 Å². The first kappa shape index (κ1) is 21.5. The number of nitrogens with zero attached hydrogens (tertiary/aromatic N) is 1. The average molecular weight is 457 g/mol. The number of benzene rings is 2. The van der Waals surface area contributed by atoms with E-state index in [4.69, 9.17) is 27.6 Å². The fourth-order valence-electron chi connectivity index (χ4n) is 3.68. The van der Waals surface area contributed by atoms with Crippen LogP contribution in [0.15, 0.2) is 65.1 Å². The van der Waals surface area contributed by atoms with Gasteiger partial charge in [-0.25, -0.2) is 0 Å². The maximum atomic E-state index is 12.6. The van der Waals surface area contributed by atoms with Crippen LogP contribution >= 0.6 is 23.2 Å². The highest BCUT2D eigenvalue weighted by Gasteiger charge is 2.27. The molecule has 0 atom stereocenters. The van der Waals surface area contributed by atoms with Crippen LogP contribution in [0, 0.1) is 5.92 Å². The van der Waals surface area contributed by atoms with E-state index in [1.54, 1.807) is 29.2 Å². The largest absolute Gasteiger partial charge is 0.459 e. The third kappa shape index (κ3) is 5.30. The van der Waals surface area contributed by atoms with Gasteiger partial charge in [0.25, 0.3) is 5.91 Å². The Balaban J connectivity index is 1.26. The van der Waals surface area contributed by atoms with Crippen LogP contribution in [0.4, 0.5) is 0 Å². The molecular weight excluding hydrogens is 435 g/mol. The highest BCUT2D eigenvalue weighted by molar-refractivity contribution is 6.30. The Hall–Kier alpha value is -2.76. The number of carbonyl (C=O) groups is 2. The normalized spacial score (nSPS) is 14.5. The van der Waals surface area contributed by atoms with Gasteiger partial charge in [0.1, 0.15) is 11.5 Å². The molecule has 4 rings (SSSR count). The molecular formula is C24H22Cl2N2O3. The van der Waals surface area contributed by atoms with Gasteiger partial charge >= 0.3 is 0 Å². The summed E-state index contributed by atoms with van der Waals surface area (Å²) in [4.78, 5) is 27.0. The number of amides is 2. The van der Waals surface area contributed by atoms with E-state index in [-0.39, 0.29) is 17.7 Å². The first-order valence-electron chi connectivity index (χ1n) is 10.2. The maximum absolute atomic E-state index is 12.6. The molecule has 0 radical (unpaired) electrons. The van der Waals surface area contributed by atoms with Gasteiger partial charge in [-0.1, -0.05) is 23.2 Å². The van der Waals surface area contributed by atoms with Gasteiger partial charge in [0.2, 0.25) is 5.91 Å². The van der Waals surface area contributed by atoms with Crippen molar-refractivity contribution in [1.82, 2.24) is 10.2 Å². The van der Waals surface area contributed by atoms with Gasteiger partial charge in [-0.05, 0) is 73.5 Å². The molecule has 7 heteroatoms. The van der Waals surface area contributed by atoms with Crippen molar-refractivity contribution < 1.29 is 14.0 Å². The molecule has 1 N–H and O–H groups in total. The first-order chi connectivity index (χ1) is 15.0. The van der Waals surface area contributed by atoms with Crippen LogP contribution in [0.5, 0.6) is 0 Å². The van der Waals surface area contributed by atoms with Crippen LogP contribution in [0.1, 0.15) is 29.0 Å². The van der Waals surface area contributed by atoms with Crippen LogP contribution in [-0.4, -0.2) is 29.8 Å². The van der Waals surface area contributed by atoms with Crippen molar-refractivity contribution in [3.8, 4) is 11.3 Å². The molecule has 0 saturated carbocycles. The number of hydrogen-bond acceptors (Lipinski definition) is 3. The van der Waals surface area contributed by atoms with Gasteiger partial charge in [-0.15, -0.1) is 0 Å². The SMILES string of the molecule is O=C(NCc1ccc(-c2ccc(Cl)cc2)o1)C1CCN(C(=O)c2ccc(Cl)cc2)CC1. The monoisotopic (exact) mass is 456 g/mol. The first-order valence-corrected chi connectivity index (χ1v) is 10.9. The predicted octanol–water partition coefficient (Wildman–Crippen LogP) is 5.42. The highest BCUT2D eigenvalue weighted by Crippen LogP contribution is 2.24. The molecule has 160 valence electrons. The number of halogens is 2. The van der Waals surface area contributed by atoms with E-state index in [0.29, 0.717) is 53.8 Å². The number of hydrogen-bond donors (Lipinski definition) is 1. The lowest BCUT2D eigenvalue weighted by molar-refractivity contribution is -0.126. The van der Waals surface area contributed by atoms with E-state index in [1.807, 2.05) is 36.4 Å². The smallest absolute Gasteiger partial charge is 0.253 e. The Bertz CT molecular complexity index is 1050. The number of furan rings is 1. The number of rotatable bonds is 5. The summed E-state index contributed by atoms with van der Waals surface area (Å²) in [6, 6.07) is 18.0. The summed E-state index contributed by atoms with van der Waals surface area (Å²) in [6.45, 7) is 1.44. The van der Waals surface area contributed by atoms with Gasteiger partial charge in [-0.2, -0.15) is 0 Å². The second kappa shape index (κ2) is 9.58. The minimum absolute atomic E-state index is 0.0111. The van der Waals surface area contributed by atoms with E-state index in [9.17, 15) is 9.59 Å². The van der Waals surface area contributed by atoms with E-state index >= 15 is 0 Å².